The number of hydrogen-bond donors (Lipinski definition) is 0. The van der Waals surface area contributed by atoms with Crippen LogP contribution in [0.3, 0.4) is 0 Å². The monoisotopic (exact) mass is 371 g/mol. The van der Waals surface area contributed by atoms with E-state index in [1.165, 1.54) is 0 Å². The molecule has 8 nitrogen and oxygen atoms in total. The lowest BCUT2D eigenvalue weighted by Gasteiger charge is -2.36. The standard InChI is InChI=1S/C16H25N3O5S/c1-20-10-22-14-8-18-5-3-12(7-13(18)15(14)23-11-21-2)24-16(25)19-6-4-17-9-19/h4,6,9,12-15H,3,5,7-8,10-11H2,1-2H3/t12-,13+,14+,15+/m0/s1. The quantitative estimate of drug-likeness (QED) is 0.516. The summed E-state index contributed by atoms with van der Waals surface area (Å²) < 4.78 is 29.5. The average molecular weight is 371 g/mol. The summed E-state index contributed by atoms with van der Waals surface area (Å²) in [6.07, 6.45) is 6.78. The first kappa shape index (κ1) is 18.7. The number of ether oxygens (including phenoxy) is 5. The van der Waals surface area contributed by atoms with Crippen LogP contribution in [0.1, 0.15) is 12.8 Å². The highest BCUT2D eigenvalue weighted by Crippen LogP contribution is 2.32. The van der Waals surface area contributed by atoms with Crippen molar-refractivity contribution in [2.75, 3.05) is 40.9 Å². The van der Waals surface area contributed by atoms with Crippen LogP contribution in [-0.4, -0.2) is 84.9 Å². The lowest BCUT2D eigenvalue weighted by Crippen LogP contribution is -2.46. The van der Waals surface area contributed by atoms with Crippen LogP contribution in [-0.2, 0) is 23.7 Å². The van der Waals surface area contributed by atoms with Gasteiger partial charge in [0.15, 0.2) is 0 Å². The van der Waals surface area contributed by atoms with Crippen molar-refractivity contribution in [2.24, 2.45) is 0 Å². The molecule has 0 bridgehead atoms. The smallest absolute Gasteiger partial charge is 0.269 e. The Bertz CT molecular complexity index is 544. The largest absolute Gasteiger partial charge is 0.467 e. The van der Waals surface area contributed by atoms with Crippen molar-refractivity contribution >= 4 is 17.4 Å². The van der Waals surface area contributed by atoms with Gasteiger partial charge in [-0.15, -0.1) is 0 Å². The normalized spacial score (nSPS) is 29.5. The second-order valence-electron chi connectivity index (χ2n) is 6.21. The lowest BCUT2D eigenvalue weighted by atomic mass is 9.97. The highest BCUT2D eigenvalue weighted by atomic mass is 32.1. The second-order valence-corrected chi connectivity index (χ2v) is 6.56. The van der Waals surface area contributed by atoms with E-state index in [-0.39, 0.29) is 37.9 Å². The van der Waals surface area contributed by atoms with E-state index in [2.05, 4.69) is 9.88 Å². The summed E-state index contributed by atoms with van der Waals surface area (Å²) in [4.78, 5) is 6.39. The molecule has 0 unspecified atom stereocenters. The van der Waals surface area contributed by atoms with Gasteiger partial charge in [-0.3, -0.25) is 9.47 Å². The molecule has 0 spiro atoms. The van der Waals surface area contributed by atoms with Crippen LogP contribution in [0.2, 0.25) is 0 Å². The van der Waals surface area contributed by atoms with Gasteiger partial charge in [-0.2, -0.15) is 0 Å². The van der Waals surface area contributed by atoms with E-state index in [1.54, 1.807) is 37.5 Å². The zero-order valence-electron chi connectivity index (χ0n) is 14.6. The number of rotatable bonds is 7. The third kappa shape index (κ3) is 4.55. The first-order chi connectivity index (χ1) is 12.2. The van der Waals surface area contributed by atoms with Crippen LogP contribution in [0, 0.1) is 0 Å². The number of methoxy groups -OCH3 is 2. The Hall–Kier alpha value is -1.10. The lowest BCUT2D eigenvalue weighted by molar-refractivity contribution is -0.149. The number of imidazole rings is 1. The number of hydrogen-bond acceptors (Lipinski definition) is 8. The van der Waals surface area contributed by atoms with E-state index in [9.17, 15) is 0 Å². The van der Waals surface area contributed by atoms with Gasteiger partial charge in [0.1, 0.15) is 38.2 Å². The maximum atomic E-state index is 5.99. The number of piperidine rings is 1. The van der Waals surface area contributed by atoms with Crippen molar-refractivity contribution in [3.8, 4) is 0 Å². The number of aromatic nitrogens is 2. The van der Waals surface area contributed by atoms with E-state index >= 15 is 0 Å². The number of nitrogens with zero attached hydrogens (tertiary/aromatic N) is 3. The fourth-order valence-electron chi connectivity index (χ4n) is 3.51. The van der Waals surface area contributed by atoms with Gasteiger partial charge in [0, 0.05) is 52.2 Å². The van der Waals surface area contributed by atoms with Gasteiger partial charge in [0.05, 0.1) is 0 Å². The van der Waals surface area contributed by atoms with Gasteiger partial charge in [-0.1, -0.05) is 0 Å². The summed E-state index contributed by atoms with van der Waals surface area (Å²) in [5.41, 5.74) is 0. The summed E-state index contributed by atoms with van der Waals surface area (Å²) in [5.74, 6) is 0. The van der Waals surface area contributed by atoms with Crippen LogP contribution in [0.25, 0.3) is 0 Å². The van der Waals surface area contributed by atoms with Crippen LogP contribution >= 0.6 is 12.2 Å². The second kappa shape index (κ2) is 9.02. The summed E-state index contributed by atoms with van der Waals surface area (Å²) in [6.45, 7) is 2.23. The SMILES string of the molecule is COCO[C@@H]1[C@H]2C[C@@H](OC(=S)n3ccnc3)CCN2C[C@H]1OCOC. The van der Waals surface area contributed by atoms with Gasteiger partial charge < -0.3 is 23.7 Å². The molecule has 9 heteroatoms. The minimum atomic E-state index is -0.0803. The molecule has 1 aromatic heterocycles. The molecule has 0 radical (unpaired) electrons. The molecule has 1 aromatic rings. The van der Waals surface area contributed by atoms with Crippen molar-refractivity contribution in [3.05, 3.63) is 18.7 Å². The Kier molecular flexibility index (Phi) is 6.74. The van der Waals surface area contributed by atoms with E-state index in [4.69, 9.17) is 35.9 Å². The van der Waals surface area contributed by atoms with Crippen LogP contribution in [0.15, 0.2) is 18.7 Å². The van der Waals surface area contributed by atoms with E-state index in [1.807, 2.05) is 0 Å². The molecule has 140 valence electrons. The van der Waals surface area contributed by atoms with Gasteiger partial charge in [-0.05, 0) is 18.6 Å². The van der Waals surface area contributed by atoms with E-state index < -0.39 is 0 Å². The van der Waals surface area contributed by atoms with Gasteiger partial charge >= 0.3 is 0 Å². The Morgan fingerprint density at radius 2 is 2.04 bits per heavy atom. The molecule has 0 amide bonds. The molecule has 4 atom stereocenters. The van der Waals surface area contributed by atoms with Crippen LogP contribution in [0.4, 0.5) is 0 Å². The summed E-state index contributed by atoms with van der Waals surface area (Å²) in [6, 6.07) is 0.210. The highest BCUT2D eigenvalue weighted by Gasteiger charge is 2.46. The predicted molar refractivity (Wildman–Crippen MR) is 93.2 cm³/mol. The third-order valence-electron chi connectivity index (χ3n) is 4.63. The van der Waals surface area contributed by atoms with Crippen molar-refractivity contribution < 1.29 is 23.7 Å². The first-order valence-corrected chi connectivity index (χ1v) is 8.77. The molecular formula is C16H25N3O5S. The Balaban J connectivity index is 1.61. The molecule has 2 fully saturated rings. The van der Waals surface area contributed by atoms with E-state index in [0.717, 1.165) is 25.9 Å². The Morgan fingerprint density at radius 3 is 2.76 bits per heavy atom. The molecule has 25 heavy (non-hydrogen) atoms. The first-order valence-electron chi connectivity index (χ1n) is 8.37. The molecule has 3 rings (SSSR count). The summed E-state index contributed by atoms with van der Waals surface area (Å²) in [7, 11) is 3.24. The van der Waals surface area contributed by atoms with Crippen LogP contribution in [0.5, 0.6) is 0 Å². The molecular weight excluding hydrogens is 346 g/mol. The van der Waals surface area contributed by atoms with Crippen molar-refractivity contribution in [2.45, 2.75) is 37.2 Å². The summed E-state index contributed by atoms with van der Waals surface area (Å²) >= 11 is 5.35. The molecule has 2 aliphatic rings. The van der Waals surface area contributed by atoms with Gasteiger partial charge in [0.2, 0.25) is 0 Å². The maximum Gasteiger partial charge on any atom is 0.269 e. The fraction of sp³-hybridized carbons (Fsp3) is 0.750. The average Bonchev–Trinajstić information content (AvgIpc) is 3.26. The van der Waals surface area contributed by atoms with Crippen LogP contribution < -0.4 is 0 Å². The topological polar surface area (TPSA) is 67.2 Å². The van der Waals surface area contributed by atoms with Crippen molar-refractivity contribution in [3.63, 3.8) is 0 Å². The Labute approximate surface area is 152 Å². The number of fused-ring (bicyclic) bond motifs is 1. The van der Waals surface area contributed by atoms with E-state index in [0.29, 0.717) is 5.17 Å². The highest BCUT2D eigenvalue weighted by molar-refractivity contribution is 7.80. The zero-order valence-corrected chi connectivity index (χ0v) is 15.4. The molecule has 2 saturated heterocycles. The van der Waals surface area contributed by atoms with Gasteiger partial charge in [-0.25, -0.2) is 4.98 Å². The van der Waals surface area contributed by atoms with Crippen molar-refractivity contribution in [1.29, 1.82) is 0 Å². The molecule has 0 aromatic carbocycles. The Morgan fingerprint density at radius 1 is 1.24 bits per heavy atom. The van der Waals surface area contributed by atoms with Crippen molar-refractivity contribution in [1.82, 2.24) is 14.5 Å². The zero-order chi connectivity index (χ0) is 17.6. The molecule has 0 aliphatic carbocycles. The molecule has 2 aliphatic heterocycles. The number of thiocarbonyl (C=S) groups is 1. The molecule has 0 N–H and O–H groups in total. The predicted octanol–water partition coefficient (Wildman–Crippen LogP) is 0.857. The minimum absolute atomic E-state index is 0.0422. The summed E-state index contributed by atoms with van der Waals surface area (Å²) in [5, 5.41) is 0.426. The fourth-order valence-corrected chi connectivity index (χ4v) is 3.75. The minimum Gasteiger partial charge on any atom is -0.467 e. The molecule has 3 heterocycles. The van der Waals surface area contributed by atoms with Gasteiger partial charge in [0.25, 0.3) is 5.17 Å². The third-order valence-corrected chi connectivity index (χ3v) is 4.94. The molecule has 0 saturated carbocycles. The maximum absolute atomic E-state index is 5.99.